The van der Waals surface area contributed by atoms with Crippen LogP contribution in [0.25, 0.3) is 6.08 Å². The molecule has 3 rings (SSSR count). The van der Waals surface area contributed by atoms with Crippen LogP contribution < -0.4 is 9.47 Å². The number of ether oxygens (including phenoxy) is 2. The average molecular weight is 585 g/mol. The maximum atomic E-state index is 13.0. The summed E-state index contributed by atoms with van der Waals surface area (Å²) in [5.74, 6) is 0.925. The Labute approximate surface area is 233 Å². The van der Waals surface area contributed by atoms with Gasteiger partial charge in [-0.25, -0.2) is 0 Å². The molecule has 0 aliphatic carbocycles. The van der Waals surface area contributed by atoms with Gasteiger partial charge < -0.3 is 9.47 Å². The van der Waals surface area contributed by atoms with Crippen molar-refractivity contribution in [1.29, 1.82) is 0 Å². The minimum absolute atomic E-state index is 0.0309. The summed E-state index contributed by atoms with van der Waals surface area (Å²) in [6, 6.07) is 8.39. The highest BCUT2D eigenvalue weighted by Gasteiger charge is 2.34. The lowest BCUT2D eigenvalue weighted by Gasteiger charge is -2.12. The summed E-state index contributed by atoms with van der Waals surface area (Å²) in [7, 11) is -2.40. The van der Waals surface area contributed by atoms with Crippen LogP contribution in [-0.2, 0) is 14.8 Å². The van der Waals surface area contributed by atoms with Crippen LogP contribution in [0.4, 0.5) is 0 Å². The van der Waals surface area contributed by atoms with E-state index in [1.54, 1.807) is 26.2 Å². The molecule has 0 radical (unpaired) electrons. The third-order valence-electron chi connectivity index (χ3n) is 5.70. The van der Waals surface area contributed by atoms with Crippen molar-refractivity contribution in [2.45, 2.75) is 63.0 Å². The Balaban J connectivity index is 1.68. The lowest BCUT2D eigenvalue weighted by atomic mass is 10.1. The predicted octanol–water partition coefficient (Wildman–Crippen LogP) is 7.22. The minimum atomic E-state index is -3.98. The molecule has 0 spiro atoms. The van der Waals surface area contributed by atoms with Gasteiger partial charge in [0, 0.05) is 6.54 Å². The van der Waals surface area contributed by atoms with Crippen molar-refractivity contribution in [3.8, 4) is 11.5 Å². The first-order chi connectivity index (χ1) is 17.8. The molecule has 1 amide bonds. The molecule has 0 saturated carbocycles. The Bertz CT molecular complexity index is 1240. The number of benzene rings is 1. The van der Waals surface area contributed by atoms with Crippen LogP contribution in [0.5, 0.6) is 11.5 Å². The number of halogens is 1. The Hall–Kier alpha value is -2.01. The second kappa shape index (κ2) is 14.2. The van der Waals surface area contributed by atoms with E-state index < -0.39 is 10.0 Å². The third kappa shape index (κ3) is 8.24. The fraction of sp³-hybridized carbons (Fsp3) is 0.462. The zero-order valence-corrected chi connectivity index (χ0v) is 24.6. The molecule has 2 aromatic rings. The highest BCUT2D eigenvalue weighted by molar-refractivity contribution is 8.19. The second-order valence-corrected chi connectivity index (χ2v) is 13.0. The van der Waals surface area contributed by atoms with Gasteiger partial charge in [0.25, 0.3) is 15.9 Å². The van der Waals surface area contributed by atoms with E-state index >= 15 is 0 Å². The Morgan fingerprint density at radius 2 is 1.76 bits per heavy atom. The summed E-state index contributed by atoms with van der Waals surface area (Å²) in [4.78, 5) is 14.7. The van der Waals surface area contributed by atoms with Crippen molar-refractivity contribution >= 4 is 61.9 Å². The van der Waals surface area contributed by atoms with Gasteiger partial charge in [-0.3, -0.25) is 9.69 Å². The number of sulfonamides is 1. The normalized spacial score (nSPS) is 16.2. The van der Waals surface area contributed by atoms with E-state index in [0.29, 0.717) is 27.3 Å². The topological polar surface area (TPSA) is 85.3 Å². The lowest BCUT2D eigenvalue weighted by molar-refractivity contribution is -0.122. The van der Waals surface area contributed by atoms with E-state index in [1.807, 2.05) is 12.1 Å². The molecule has 0 unspecified atom stereocenters. The number of hydrogen-bond acceptors (Lipinski definition) is 7. The van der Waals surface area contributed by atoms with Crippen LogP contribution in [0.15, 0.2) is 43.8 Å². The molecule has 0 bridgehead atoms. The standard InChI is InChI=1S/C26H33ClN2O5S3/c1-4-6-7-8-9-10-11-16-34-20-13-12-19(17-21(20)33-3)18-22-25(30)29(5-2)26(35-22)28-37(31,32)24-15-14-23(27)36-24/h12-15,17-18H,4-11,16H2,1-3H3. The molecule has 2 heterocycles. The molecule has 1 saturated heterocycles. The fourth-order valence-electron chi connectivity index (χ4n) is 3.72. The smallest absolute Gasteiger partial charge is 0.294 e. The lowest BCUT2D eigenvalue weighted by Crippen LogP contribution is -2.29. The van der Waals surface area contributed by atoms with Crippen molar-refractivity contribution < 1.29 is 22.7 Å². The first-order valence-corrected chi connectivity index (χ1v) is 15.9. The number of amides is 1. The van der Waals surface area contributed by atoms with E-state index in [1.165, 1.54) is 49.1 Å². The number of carbonyl (C=O) groups excluding carboxylic acids is 1. The first kappa shape index (κ1) is 29.5. The van der Waals surface area contributed by atoms with Crippen molar-refractivity contribution in [1.82, 2.24) is 4.90 Å². The number of hydrogen-bond donors (Lipinski definition) is 0. The molecule has 1 aromatic heterocycles. The molecule has 202 valence electrons. The van der Waals surface area contributed by atoms with Gasteiger partial charge in [0.15, 0.2) is 16.7 Å². The number of nitrogens with zero attached hydrogens (tertiary/aromatic N) is 2. The maximum absolute atomic E-state index is 13.0. The molecule has 1 aliphatic rings. The zero-order chi connectivity index (χ0) is 26.8. The van der Waals surface area contributed by atoms with Gasteiger partial charge in [0.05, 0.1) is 23.0 Å². The number of methoxy groups -OCH3 is 1. The van der Waals surface area contributed by atoms with Gasteiger partial charge in [0.2, 0.25) is 0 Å². The SMILES string of the molecule is CCCCCCCCCOc1ccc(C=C2SC(=NS(=O)(=O)c3ccc(Cl)s3)N(CC)C2=O)cc1OC. The molecule has 1 aliphatic heterocycles. The van der Waals surface area contributed by atoms with Gasteiger partial charge in [-0.1, -0.05) is 63.1 Å². The molecule has 1 aromatic carbocycles. The predicted molar refractivity (Wildman–Crippen MR) is 153 cm³/mol. The molecule has 11 heteroatoms. The van der Waals surface area contributed by atoms with Crippen molar-refractivity contribution in [2.75, 3.05) is 20.3 Å². The molecule has 0 N–H and O–H groups in total. The number of thioether (sulfide) groups is 1. The summed E-state index contributed by atoms with van der Waals surface area (Å²) in [6.45, 7) is 4.90. The van der Waals surface area contributed by atoms with Crippen molar-refractivity contribution in [3.05, 3.63) is 45.1 Å². The van der Waals surface area contributed by atoms with E-state index in [4.69, 9.17) is 21.1 Å². The van der Waals surface area contributed by atoms with E-state index in [2.05, 4.69) is 11.3 Å². The molecular formula is C26H33ClN2O5S3. The largest absolute Gasteiger partial charge is 0.493 e. The van der Waals surface area contributed by atoms with Gasteiger partial charge in [0.1, 0.15) is 4.21 Å². The van der Waals surface area contributed by atoms with Crippen LogP contribution in [0.1, 0.15) is 64.4 Å². The monoisotopic (exact) mass is 584 g/mol. The summed E-state index contributed by atoms with van der Waals surface area (Å²) in [6.07, 6.45) is 10.2. The maximum Gasteiger partial charge on any atom is 0.294 e. The number of amidine groups is 1. The third-order valence-corrected chi connectivity index (χ3v) is 9.78. The Morgan fingerprint density at radius 3 is 2.41 bits per heavy atom. The quantitative estimate of drug-likeness (QED) is 0.172. The van der Waals surface area contributed by atoms with Crippen LogP contribution in [-0.4, -0.2) is 44.7 Å². The van der Waals surface area contributed by atoms with Crippen LogP contribution in [0.3, 0.4) is 0 Å². The Kier molecular flexibility index (Phi) is 11.4. The van der Waals surface area contributed by atoms with E-state index in [0.717, 1.165) is 41.5 Å². The highest BCUT2D eigenvalue weighted by Crippen LogP contribution is 2.36. The van der Waals surface area contributed by atoms with Crippen LogP contribution in [0.2, 0.25) is 4.34 Å². The number of likely N-dealkylation sites (N-methyl/N-ethyl adjacent to an activating group) is 1. The fourth-order valence-corrected chi connectivity index (χ4v) is 7.43. The highest BCUT2D eigenvalue weighted by atomic mass is 35.5. The summed E-state index contributed by atoms with van der Waals surface area (Å²) in [5, 5.41) is 0.116. The number of thiophene rings is 1. The van der Waals surface area contributed by atoms with Crippen LogP contribution >= 0.6 is 34.7 Å². The molecule has 37 heavy (non-hydrogen) atoms. The Morgan fingerprint density at radius 1 is 1.03 bits per heavy atom. The second-order valence-electron chi connectivity index (χ2n) is 8.45. The van der Waals surface area contributed by atoms with Crippen LogP contribution in [0, 0.1) is 0 Å². The van der Waals surface area contributed by atoms with Crippen molar-refractivity contribution in [2.24, 2.45) is 4.40 Å². The number of unbranched alkanes of at least 4 members (excludes halogenated alkanes) is 6. The van der Waals surface area contributed by atoms with Gasteiger partial charge in [-0.05, 0) is 61.0 Å². The van der Waals surface area contributed by atoms with Gasteiger partial charge in [-0.2, -0.15) is 8.42 Å². The molecule has 7 nitrogen and oxygen atoms in total. The van der Waals surface area contributed by atoms with Gasteiger partial charge in [-0.15, -0.1) is 15.7 Å². The first-order valence-electron chi connectivity index (χ1n) is 12.4. The molecule has 1 fully saturated rings. The molecular weight excluding hydrogens is 552 g/mol. The average Bonchev–Trinajstić information content (AvgIpc) is 3.44. The zero-order valence-electron chi connectivity index (χ0n) is 21.4. The van der Waals surface area contributed by atoms with Gasteiger partial charge >= 0.3 is 0 Å². The number of carbonyl (C=O) groups is 1. The summed E-state index contributed by atoms with van der Waals surface area (Å²) in [5.41, 5.74) is 0.737. The number of rotatable bonds is 14. The minimum Gasteiger partial charge on any atom is -0.493 e. The van der Waals surface area contributed by atoms with Crippen molar-refractivity contribution in [3.63, 3.8) is 0 Å². The summed E-state index contributed by atoms with van der Waals surface area (Å²) >= 11 is 7.83. The van der Waals surface area contributed by atoms with E-state index in [9.17, 15) is 13.2 Å². The summed E-state index contributed by atoms with van der Waals surface area (Å²) < 4.78 is 41.2. The van der Waals surface area contributed by atoms with E-state index in [-0.39, 0.29) is 21.8 Å². The molecule has 0 atom stereocenters.